The van der Waals surface area contributed by atoms with Gasteiger partial charge in [-0.2, -0.15) is 0 Å². The summed E-state index contributed by atoms with van der Waals surface area (Å²) in [5.41, 5.74) is 0. The highest BCUT2D eigenvalue weighted by Crippen LogP contribution is 2.26. The van der Waals surface area contributed by atoms with Gasteiger partial charge in [-0.25, -0.2) is 0 Å². The molecule has 7 atom stereocenters. The van der Waals surface area contributed by atoms with Crippen molar-refractivity contribution in [2.75, 3.05) is 27.7 Å². The normalized spacial score (nSPS) is 15.7. The van der Waals surface area contributed by atoms with Crippen LogP contribution in [0.5, 0.6) is 0 Å². The van der Waals surface area contributed by atoms with E-state index in [1.54, 1.807) is 27.1 Å². The third kappa shape index (κ3) is 31.4. The van der Waals surface area contributed by atoms with Crippen LogP contribution in [0.2, 0.25) is 0 Å². The number of amides is 4. The Morgan fingerprint density at radius 1 is 0.873 bits per heavy atom. The van der Waals surface area contributed by atoms with Gasteiger partial charge in [-0.1, -0.05) is 137 Å². The SMILES string of the molecule is C=C/C=C\C/C=C\C(C)C(NC(=O)CCNC(=O)C(=O)C(CC(C)CC)NC(=O)C(CC)CCCC)C(=O)N(C)C.CCC.CCC(C)OC=O.CNC(C(C)=O)C1CCCCC1. The zero-order valence-electron chi connectivity index (χ0n) is 41.8. The standard InChI is InChI=1S/C32H54N4O5.C10H19NO.C5H10O2.C3H8/c1-9-13-15-16-17-18-24(6)28(32(41)36(7)8)35-27(37)20-21-33-31(40)29(38)26(22-23(5)11-3)34-30(39)25(12-4)19-14-10-2;1-8(12)10(11-2)9-6-4-3-5-7-9;1-3-5(2)7-4-6;1-3-2/h9,13,15,17-18,23-26,28H,1,10-12,14,16,19-22H2,2-8H3,(H,33,40)(H,34,39)(H,35,37);9-11H,3-7H2,1-2H3;4-5H,3H2,1-2H3;3H2,1-2H3/b15-13-,18-17-;;;. The maximum Gasteiger partial charge on any atom is 0.293 e. The summed E-state index contributed by atoms with van der Waals surface area (Å²) in [4.78, 5) is 86.2. The first-order valence-electron chi connectivity index (χ1n) is 23.7. The minimum Gasteiger partial charge on any atom is -0.465 e. The molecule has 0 aromatic rings. The number of nitrogens with one attached hydrogen (secondary N) is 4. The van der Waals surface area contributed by atoms with Gasteiger partial charge in [0, 0.05) is 38.9 Å². The molecule has 1 aliphatic rings. The summed E-state index contributed by atoms with van der Waals surface area (Å²) in [6.45, 7) is 23.6. The van der Waals surface area contributed by atoms with Gasteiger partial charge in [0.2, 0.25) is 23.5 Å². The van der Waals surface area contributed by atoms with Crippen molar-refractivity contribution in [2.24, 2.45) is 23.7 Å². The summed E-state index contributed by atoms with van der Waals surface area (Å²) < 4.78 is 4.51. The van der Waals surface area contributed by atoms with E-state index in [0.717, 1.165) is 32.1 Å². The van der Waals surface area contributed by atoms with Crippen LogP contribution >= 0.6 is 0 Å². The first-order chi connectivity index (χ1) is 29.9. The van der Waals surface area contributed by atoms with Gasteiger partial charge in [0.15, 0.2) is 0 Å². The predicted octanol–water partition coefficient (Wildman–Crippen LogP) is 8.21. The Morgan fingerprint density at radius 2 is 1.49 bits per heavy atom. The van der Waals surface area contributed by atoms with Gasteiger partial charge in [-0.05, 0) is 77.7 Å². The fourth-order valence-corrected chi connectivity index (χ4v) is 6.63. The van der Waals surface area contributed by atoms with E-state index in [0.29, 0.717) is 37.4 Å². The third-order valence-corrected chi connectivity index (χ3v) is 10.9. The Kier molecular flexibility index (Phi) is 40.7. The molecule has 13 nitrogen and oxygen atoms in total. The van der Waals surface area contributed by atoms with Crippen molar-refractivity contribution in [1.82, 2.24) is 26.2 Å². The van der Waals surface area contributed by atoms with Gasteiger partial charge >= 0.3 is 0 Å². The number of hydrogen-bond acceptors (Lipinski definition) is 9. The molecule has 4 amide bonds. The molecule has 0 aromatic heterocycles. The second kappa shape index (κ2) is 40.6. The molecule has 1 rings (SSSR count). The van der Waals surface area contributed by atoms with Crippen molar-refractivity contribution >= 4 is 41.7 Å². The van der Waals surface area contributed by atoms with Crippen molar-refractivity contribution in [2.45, 2.75) is 190 Å². The first-order valence-corrected chi connectivity index (χ1v) is 23.7. The number of likely N-dealkylation sites (N-methyl/N-ethyl adjacent to an activating group) is 2. The van der Waals surface area contributed by atoms with Gasteiger partial charge in [0.25, 0.3) is 12.4 Å². The molecule has 0 heterocycles. The molecule has 4 N–H and O–H groups in total. The number of ketones is 2. The number of hydrogen-bond donors (Lipinski definition) is 4. The molecule has 13 heteroatoms. The van der Waals surface area contributed by atoms with Crippen LogP contribution in [-0.4, -0.2) is 98.5 Å². The van der Waals surface area contributed by atoms with E-state index in [2.05, 4.69) is 53.4 Å². The quantitative estimate of drug-likeness (QED) is 0.0274. The van der Waals surface area contributed by atoms with E-state index in [1.807, 2.05) is 72.9 Å². The first kappa shape index (κ1) is 63.2. The van der Waals surface area contributed by atoms with Gasteiger partial charge < -0.3 is 30.9 Å². The van der Waals surface area contributed by atoms with Crippen LogP contribution in [0.25, 0.3) is 0 Å². The average molecular weight is 890 g/mol. The molecule has 0 radical (unpaired) electrons. The monoisotopic (exact) mass is 890 g/mol. The Labute approximate surface area is 383 Å². The van der Waals surface area contributed by atoms with E-state index in [4.69, 9.17) is 0 Å². The molecule has 0 saturated heterocycles. The van der Waals surface area contributed by atoms with Gasteiger partial charge in [0.05, 0.1) is 18.2 Å². The number of allylic oxidation sites excluding steroid dienone is 4. The molecule has 0 aromatic carbocycles. The average Bonchev–Trinajstić information content (AvgIpc) is 3.26. The second-order valence-electron chi connectivity index (χ2n) is 16.8. The van der Waals surface area contributed by atoms with Crippen LogP contribution in [-0.2, 0) is 38.3 Å². The topological polar surface area (TPSA) is 180 Å². The summed E-state index contributed by atoms with van der Waals surface area (Å²) in [6.07, 6.45) is 22.9. The minimum atomic E-state index is -0.919. The highest BCUT2D eigenvalue weighted by Gasteiger charge is 2.31. The van der Waals surface area contributed by atoms with E-state index >= 15 is 0 Å². The molecule has 0 bridgehead atoms. The van der Waals surface area contributed by atoms with Gasteiger partial charge in [-0.3, -0.25) is 33.6 Å². The summed E-state index contributed by atoms with van der Waals surface area (Å²) in [5, 5.41) is 11.2. The fraction of sp³-hybridized carbons (Fsp3) is 0.740. The van der Waals surface area contributed by atoms with Crippen LogP contribution in [0.3, 0.4) is 0 Å². The van der Waals surface area contributed by atoms with Crippen LogP contribution < -0.4 is 21.3 Å². The number of carbonyl (C=O) groups is 7. The Morgan fingerprint density at radius 3 is 1.95 bits per heavy atom. The molecular weight excluding hydrogens is 799 g/mol. The maximum absolute atomic E-state index is 13.0. The third-order valence-electron chi connectivity index (χ3n) is 10.9. The van der Waals surface area contributed by atoms with Crippen molar-refractivity contribution in [3.8, 4) is 0 Å². The summed E-state index contributed by atoms with van der Waals surface area (Å²) in [7, 11) is 5.13. The zero-order valence-corrected chi connectivity index (χ0v) is 41.8. The van der Waals surface area contributed by atoms with Crippen LogP contribution in [0.15, 0.2) is 37.0 Å². The van der Waals surface area contributed by atoms with Crippen molar-refractivity contribution in [3.63, 3.8) is 0 Å². The lowest BCUT2D eigenvalue weighted by Crippen LogP contribution is -2.51. The summed E-state index contributed by atoms with van der Waals surface area (Å²) >= 11 is 0. The second-order valence-corrected chi connectivity index (χ2v) is 16.8. The van der Waals surface area contributed by atoms with E-state index in [1.165, 1.54) is 43.4 Å². The number of rotatable bonds is 27. The molecule has 1 fully saturated rings. The number of nitrogens with zero attached hydrogens (tertiary/aromatic N) is 1. The molecule has 7 unspecified atom stereocenters. The lowest BCUT2D eigenvalue weighted by molar-refractivity contribution is -0.141. The largest absolute Gasteiger partial charge is 0.465 e. The molecular formula is C50H91N5O8. The molecule has 364 valence electrons. The van der Waals surface area contributed by atoms with Crippen molar-refractivity contribution in [1.29, 1.82) is 0 Å². The molecule has 0 spiro atoms. The number of Topliss-reactive ketones (excluding diaryl/α,β-unsaturated/α-hetero) is 2. The number of unbranched alkanes of at least 4 members (excludes halogenated alkanes) is 1. The summed E-state index contributed by atoms with van der Waals surface area (Å²) in [6, 6.07) is -1.58. The van der Waals surface area contributed by atoms with Gasteiger partial charge in [-0.15, -0.1) is 0 Å². The van der Waals surface area contributed by atoms with E-state index in [9.17, 15) is 33.6 Å². The van der Waals surface area contributed by atoms with Crippen LogP contribution in [0.4, 0.5) is 0 Å². The number of carbonyl (C=O) groups excluding carboxylic acids is 7. The molecule has 1 saturated carbocycles. The highest BCUT2D eigenvalue weighted by molar-refractivity contribution is 6.38. The number of ether oxygens (including phenoxy) is 1. The molecule has 0 aliphatic heterocycles. The smallest absolute Gasteiger partial charge is 0.293 e. The van der Waals surface area contributed by atoms with Crippen LogP contribution in [0.1, 0.15) is 166 Å². The Hall–Kier alpha value is -4.13. The van der Waals surface area contributed by atoms with Crippen molar-refractivity contribution < 1.29 is 38.3 Å². The molecule has 1 aliphatic carbocycles. The van der Waals surface area contributed by atoms with E-state index < -0.39 is 29.7 Å². The Balaban J connectivity index is -0.00000132. The molecule has 63 heavy (non-hydrogen) atoms. The maximum atomic E-state index is 13.0. The summed E-state index contributed by atoms with van der Waals surface area (Å²) in [5.74, 6) is -1.85. The fourth-order valence-electron chi connectivity index (χ4n) is 6.63. The van der Waals surface area contributed by atoms with E-state index in [-0.39, 0.29) is 54.7 Å². The Bertz CT molecular complexity index is 1340. The zero-order chi connectivity index (χ0) is 48.8. The highest BCUT2D eigenvalue weighted by atomic mass is 16.5. The minimum absolute atomic E-state index is 0.0755. The lowest BCUT2D eigenvalue weighted by atomic mass is 9.82. The van der Waals surface area contributed by atoms with Gasteiger partial charge in [0.1, 0.15) is 11.8 Å². The predicted molar refractivity (Wildman–Crippen MR) is 258 cm³/mol. The van der Waals surface area contributed by atoms with Crippen LogP contribution in [0, 0.1) is 23.7 Å². The van der Waals surface area contributed by atoms with Crippen molar-refractivity contribution in [3.05, 3.63) is 37.0 Å². The lowest BCUT2D eigenvalue weighted by Gasteiger charge is -2.28.